The molecule has 0 spiro atoms. The van der Waals surface area contributed by atoms with Gasteiger partial charge in [0.2, 0.25) is 0 Å². The molecule has 1 fully saturated rings. The molecule has 0 aliphatic carbocycles. The molecule has 0 radical (unpaired) electrons. The lowest BCUT2D eigenvalue weighted by atomic mass is 10.0. The largest absolute Gasteiger partial charge is 0.458 e. The van der Waals surface area contributed by atoms with Crippen LogP contribution in [0.1, 0.15) is 20.3 Å². The molecule has 1 aliphatic heterocycles. The SMILES string of the molecule is C=CC(=O)OC1CNC(C)(C)C1. The van der Waals surface area contributed by atoms with Crippen LogP contribution in [0.5, 0.6) is 0 Å². The number of ether oxygens (including phenoxy) is 1. The van der Waals surface area contributed by atoms with Crippen molar-refractivity contribution in [2.45, 2.75) is 31.9 Å². The molecule has 0 aromatic rings. The average molecular weight is 169 g/mol. The highest BCUT2D eigenvalue weighted by Crippen LogP contribution is 2.20. The van der Waals surface area contributed by atoms with Crippen molar-refractivity contribution in [2.75, 3.05) is 6.54 Å². The summed E-state index contributed by atoms with van der Waals surface area (Å²) in [6, 6.07) is 0. The van der Waals surface area contributed by atoms with E-state index in [2.05, 4.69) is 25.7 Å². The molecule has 0 aromatic heterocycles. The summed E-state index contributed by atoms with van der Waals surface area (Å²) in [5, 5.41) is 3.26. The van der Waals surface area contributed by atoms with Gasteiger partial charge in [-0.25, -0.2) is 4.79 Å². The number of hydrogen-bond donors (Lipinski definition) is 1. The summed E-state index contributed by atoms with van der Waals surface area (Å²) in [6.45, 7) is 8.27. The summed E-state index contributed by atoms with van der Waals surface area (Å²) < 4.78 is 5.08. The Balaban J connectivity index is 2.38. The number of carbonyl (C=O) groups is 1. The van der Waals surface area contributed by atoms with Crippen LogP contribution in [0, 0.1) is 0 Å². The quantitative estimate of drug-likeness (QED) is 0.492. The van der Waals surface area contributed by atoms with Crippen molar-refractivity contribution in [3.8, 4) is 0 Å². The van der Waals surface area contributed by atoms with Crippen LogP contribution in [-0.4, -0.2) is 24.2 Å². The Kier molecular flexibility index (Phi) is 2.52. The maximum Gasteiger partial charge on any atom is 0.330 e. The smallest absolute Gasteiger partial charge is 0.330 e. The molecule has 1 unspecified atom stereocenters. The second-order valence-corrected chi connectivity index (χ2v) is 3.73. The monoisotopic (exact) mass is 169 g/mol. The second-order valence-electron chi connectivity index (χ2n) is 3.73. The predicted octanol–water partition coefficient (Wildman–Crippen LogP) is 0.856. The molecule has 68 valence electrons. The molecule has 1 rings (SSSR count). The van der Waals surface area contributed by atoms with Crippen LogP contribution in [0.3, 0.4) is 0 Å². The van der Waals surface area contributed by atoms with E-state index < -0.39 is 0 Å². The number of rotatable bonds is 2. The zero-order chi connectivity index (χ0) is 9.19. The van der Waals surface area contributed by atoms with Gasteiger partial charge >= 0.3 is 5.97 Å². The third-order valence-corrected chi connectivity index (χ3v) is 2.00. The number of carbonyl (C=O) groups excluding carboxylic acids is 1. The summed E-state index contributed by atoms with van der Waals surface area (Å²) in [5.74, 6) is -0.334. The molecule has 0 aromatic carbocycles. The Morgan fingerprint density at radius 3 is 2.83 bits per heavy atom. The average Bonchev–Trinajstić information content (AvgIpc) is 2.30. The van der Waals surface area contributed by atoms with E-state index in [1.807, 2.05) is 0 Å². The Hall–Kier alpha value is -0.830. The summed E-state index contributed by atoms with van der Waals surface area (Å²) in [5.41, 5.74) is 0.0894. The predicted molar refractivity (Wildman–Crippen MR) is 46.8 cm³/mol. The molecule has 0 bridgehead atoms. The normalized spacial score (nSPS) is 26.7. The van der Waals surface area contributed by atoms with E-state index in [9.17, 15) is 4.79 Å². The topological polar surface area (TPSA) is 38.3 Å². The molecule has 3 heteroatoms. The fourth-order valence-electron chi connectivity index (χ4n) is 1.40. The van der Waals surface area contributed by atoms with Crippen molar-refractivity contribution < 1.29 is 9.53 Å². The van der Waals surface area contributed by atoms with Crippen LogP contribution in [0.4, 0.5) is 0 Å². The van der Waals surface area contributed by atoms with Gasteiger partial charge in [-0.05, 0) is 13.8 Å². The molecule has 1 saturated heterocycles. The van der Waals surface area contributed by atoms with E-state index in [1.165, 1.54) is 6.08 Å². The molecule has 0 amide bonds. The molecule has 1 heterocycles. The summed E-state index contributed by atoms with van der Waals surface area (Å²) in [7, 11) is 0. The van der Waals surface area contributed by atoms with Crippen LogP contribution in [0.2, 0.25) is 0 Å². The third-order valence-electron chi connectivity index (χ3n) is 2.00. The molecule has 1 atom stereocenters. The van der Waals surface area contributed by atoms with Crippen molar-refractivity contribution in [3.05, 3.63) is 12.7 Å². The molecule has 1 N–H and O–H groups in total. The zero-order valence-electron chi connectivity index (χ0n) is 7.59. The number of esters is 1. The summed E-state index contributed by atoms with van der Waals surface area (Å²) in [6.07, 6.45) is 2.07. The van der Waals surface area contributed by atoms with Crippen molar-refractivity contribution in [3.63, 3.8) is 0 Å². The fraction of sp³-hybridized carbons (Fsp3) is 0.667. The third kappa shape index (κ3) is 2.34. The minimum absolute atomic E-state index is 0.00509. The lowest BCUT2D eigenvalue weighted by Gasteiger charge is -2.16. The highest BCUT2D eigenvalue weighted by molar-refractivity contribution is 5.81. The minimum atomic E-state index is -0.334. The van der Waals surface area contributed by atoms with Crippen molar-refractivity contribution in [1.82, 2.24) is 5.32 Å². The number of hydrogen-bond acceptors (Lipinski definition) is 3. The van der Waals surface area contributed by atoms with Crippen molar-refractivity contribution in [1.29, 1.82) is 0 Å². The maximum absolute atomic E-state index is 10.8. The molecule has 1 aliphatic rings. The Labute approximate surface area is 72.8 Å². The number of nitrogens with one attached hydrogen (secondary N) is 1. The van der Waals surface area contributed by atoms with E-state index in [-0.39, 0.29) is 17.6 Å². The van der Waals surface area contributed by atoms with Crippen molar-refractivity contribution in [2.24, 2.45) is 0 Å². The van der Waals surface area contributed by atoms with E-state index in [4.69, 9.17) is 4.74 Å². The van der Waals surface area contributed by atoms with Crippen LogP contribution in [0.25, 0.3) is 0 Å². The molecule has 3 nitrogen and oxygen atoms in total. The Morgan fingerprint density at radius 1 is 1.75 bits per heavy atom. The second kappa shape index (κ2) is 3.27. The first-order valence-electron chi connectivity index (χ1n) is 4.11. The first-order chi connectivity index (χ1) is 5.53. The first-order valence-corrected chi connectivity index (χ1v) is 4.11. The van der Waals surface area contributed by atoms with Gasteiger partial charge in [0.1, 0.15) is 6.10 Å². The van der Waals surface area contributed by atoms with Gasteiger partial charge in [-0.1, -0.05) is 6.58 Å². The lowest BCUT2D eigenvalue weighted by Crippen LogP contribution is -2.31. The zero-order valence-corrected chi connectivity index (χ0v) is 7.59. The summed E-state index contributed by atoms with van der Waals surface area (Å²) >= 11 is 0. The van der Waals surface area contributed by atoms with Crippen LogP contribution in [0.15, 0.2) is 12.7 Å². The van der Waals surface area contributed by atoms with Gasteiger partial charge in [0.05, 0.1) is 0 Å². The van der Waals surface area contributed by atoms with E-state index in [1.54, 1.807) is 0 Å². The first kappa shape index (κ1) is 9.26. The lowest BCUT2D eigenvalue weighted by molar-refractivity contribution is -0.142. The Bertz CT molecular complexity index is 199. The van der Waals surface area contributed by atoms with Gasteiger partial charge in [-0.2, -0.15) is 0 Å². The fourth-order valence-corrected chi connectivity index (χ4v) is 1.40. The van der Waals surface area contributed by atoms with E-state index in [0.29, 0.717) is 0 Å². The molecular weight excluding hydrogens is 154 g/mol. The van der Waals surface area contributed by atoms with Gasteiger partial charge in [-0.3, -0.25) is 0 Å². The molecule has 0 saturated carbocycles. The summed E-state index contributed by atoms with van der Waals surface area (Å²) in [4.78, 5) is 10.8. The van der Waals surface area contributed by atoms with Crippen LogP contribution < -0.4 is 5.32 Å². The van der Waals surface area contributed by atoms with Crippen LogP contribution in [-0.2, 0) is 9.53 Å². The highest BCUT2D eigenvalue weighted by atomic mass is 16.5. The minimum Gasteiger partial charge on any atom is -0.458 e. The highest BCUT2D eigenvalue weighted by Gasteiger charge is 2.31. The standard InChI is InChI=1S/C9H15NO2/c1-4-8(11)12-7-5-9(2,3)10-6-7/h4,7,10H,1,5-6H2,2-3H3. The van der Waals surface area contributed by atoms with Gasteiger partial charge in [-0.15, -0.1) is 0 Å². The van der Waals surface area contributed by atoms with E-state index >= 15 is 0 Å². The molecule has 12 heavy (non-hydrogen) atoms. The molecular formula is C9H15NO2. The van der Waals surface area contributed by atoms with Gasteiger partial charge in [0.25, 0.3) is 0 Å². The van der Waals surface area contributed by atoms with E-state index in [0.717, 1.165) is 13.0 Å². The Morgan fingerprint density at radius 2 is 2.42 bits per heavy atom. The maximum atomic E-state index is 10.8. The van der Waals surface area contributed by atoms with Gasteiger partial charge < -0.3 is 10.1 Å². The van der Waals surface area contributed by atoms with Gasteiger partial charge in [0.15, 0.2) is 0 Å². The van der Waals surface area contributed by atoms with Crippen molar-refractivity contribution >= 4 is 5.97 Å². The van der Waals surface area contributed by atoms with Crippen LogP contribution >= 0.6 is 0 Å². The van der Waals surface area contributed by atoms with Gasteiger partial charge in [0, 0.05) is 24.6 Å².